The Bertz CT molecular complexity index is 457. The minimum absolute atomic E-state index is 0.0192. The third kappa shape index (κ3) is 2.44. The molecule has 17 heavy (non-hydrogen) atoms. The van der Waals surface area contributed by atoms with E-state index in [-0.39, 0.29) is 16.9 Å². The molecule has 0 saturated carbocycles. The summed E-state index contributed by atoms with van der Waals surface area (Å²) < 4.78 is 27.6. The van der Waals surface area contributed by atoms with Crippen molar-refractivity contribution in [3.63, 3.8) is 0 Å². The van der Waals surface area contributed by atoms with Gasteiger partial charge in [-0.15, -0.1) is 0 Å². The van der Waals surface area contributed by atoms with E-state index in [1.807, 2.05) is 13.8 Å². The minimum atomic E-state index is -3.57. The molecule has 0 aliphatic carbocycles. The standard InChI is InChI=1S/C10H20N4O2S/c1-5-8(6-2)14(4)17(15,16)10-9(11)12-7-13(10)3/h7-8H,5-6,11H2,1-4H3. The summed E-state index contributed by atoms with van der Waals surface area (Å²) in [4.78, 5) is 3.81. The monoisotopic (exact) mass is 260 g/mol. The molecule has 0 fully saturated rings. The molecule has 2 N–H and O–H groups in total. The molecule has 0 saturated heterocycles. The predicted molar refractivity (Wildman–Crippen MR) is 66.9 cm³/mol. The molecule has 0 aromatic carbocycles. The summed E-state index contributed by atoms with van der Waals surface area (Å²) >= 11 is 0. The number of nitrogens with zero attached hydrogens (tertiary/aromatic N) is 3. The number of hydrogen-bond acceptors (Lipinski definition) is 4. The lowest BCUT2D eigenvalue weighted by atomic mass is 10.2. The van der Waals surface area contributed by atoms with Crippen molar-refractivity contribution in [2.75, 3.05) is 12.8 Å². The molecule has 0 spiro atoms. The van der Waals surface area contributed by atoms with Crippen LogP contribution in [0.3, 0.4) is 0 Å². The highest BCUT2D eigenvalue weighted by atomic mass is 32.2. The first-order valence-electron chi connectivity index (χ1n) is 5.61. The van der Waals surface area contributed by atoms with Crippen LogP contribution in [0.4, 0.5) is 5.82 Å². The van der Waals surface area contributed by atoms with E-state index in [1.165, 1.54) is 15.2 Å². The van der Waals surface area contributed by atoms with Crippen LogP contribution >= 0.6 is 0 Å². The molecule has 0 aliphatic heterocycles. The van der Waals surface area contributed by atoms with Gasteiger partial charge in [0.15, 0.2) is 10.8 Å². The SMILES string of the molecule is CCC(CC)N(C)S(=O)(=O)c1c(N)ncn1C. The second-order valence-corrected chi connectivity index (χ2v) is 5.95. The summed E-state index contributed by atoms with van der Waals surface area (Å²) in [6, 6.07) is -0.0192. The second kappa shape index (κ2) is 5.05. The van der Waals surface area contributed by atoms with E-state index < -0.39 is 10.0 Å². The van der Waals surface area contributed by atoms with Crippen LogP contribution in [-0.4, -0.2) is 35.4 Å². The quantitative estimate of drug-likeness (QED) is 0.849. The molecule has 7 heteroatoms. The van der Waals surface area contributed by atoms with Gasteiger partial charge in [-0.05, 0) is 12.8 Å². The Kier molecular flexibility index (Phi) is 4.16. The van der Waals surface area contributed by atoms with Crippen LogP contribution in [0.2, 0.25) is 0 Å². The van der Waals surface area contributed by atoms with Crippen molar-refractivity contribution in [1.82, 2.24) is 13.9 Å². The molecule has 98 valence electrons. The Morgan fingerprint density at radius 2 is 2.00 bits per heavy atom. The van der Waals surface area contributed by atoms with Crippen molar-refractivity contribution in [3.05, 3.63) is 6.33 Å². The predicted octanol–water partition coefficient (Wildman–Crippen LogP) is 0.811. The smallest absolute Gasteiger partial charge is 0.262 e. The van der Waals surface area contributed by atoms with Crippen LogP contribution in [0.15, 0.2) is 11.4 Å². The van der Waals surface area contributed by atoms with Crippen LogP contribution < -0.4 is 5.73 Å². The third-order valence-electron chi connectivity index (χ3n) is 2.99. The highest BCUT2D eigenvalue weighted by Gasteiger charge is 2.30. The van der Waals surface area contributed by atoms with Gasteiger partial charge >= 0.3 is 0 Å². The van der Waals surface area contributed by atoms with Gasteiger partial charge in [0, 0.05) is 20.1 Å². The summed E-state index contributed by atoms with van der Waals surface area (Å²) in [5.74, 6) is 0.0466. The molecule has 1 rings (SSSR count). The molecule has 1 aromatic rings. The summed E-state index contributed by atoms with van der Waals surface area (Å²) in [5, 5.41) is 0.0619. The first-order chi connectivity index (χ1) is 7.86. The van der Waals surface area contributed by atoms with Crippen molar-refractivity contribution >= 4 is 15.8 Å². The molecule has 6 nitrogen and oxygen atoms in total. The van der Waals surface area contributed by atoms with E-state index in [1.54, 1.807) is 14.1 Å². The van der Waals surface area contributed by atoms with Crippen molar-refractivity contribution < 1.29 is 8.42 Å². The molecular weight excluding hydrogens is 240 g/mol. The number of nitrogen functional groups attached to an aromatic ring is 1. The fraction of sp³-hybridized carbons (Fsp3) is 0.700. The summed E-state index contributed by atoms with van der Waals surface area (Å²) in [6.45, 7) is 3.93. The Hall–Kier alpha value is -1.08. The van der Waals surface area contributed by atoms with Crippen molar-refractivity contribution in [2.45, 2.75) is 37.8 Å². The van der Waals surface area contributed by atoms with Gasteiger partial charge in [-0.2, -0.15) is 4.31 Å². The molecular formula is C10H20N4O2S. The molecule has 1 heterocycles. The van der Waals surface area contributed by atoms with Crippen LogP contribution in [0.1, 0.15) is 26.7 Å². The van der Waals surface area contributed by atoms with Gasteiger partial charge < -0.3 is 10.3 Å². The maximum absolute atomic E-state index is 12.4. The van der Waals surface area contributed by atoms with Crippen LogP contribution in [0.25, 0.3) is 0 Å². The molecule has 0 bridgehead atoms. The molecule has 0 aliphatic rings. The normalized spacial score (nSPS) is 12.6. The number of sulfonamides is 1. The highest BCUT2D eigenvalue weighted by Crippen LogP contribution is 2.22. The minimum Gasteiger partial charge on any atom is -0.381 e. The Morgan fingerprint density at radius 3 is 2.35 bits per heavy atom. The average molecular weight is 260 g/mol. The number of hydrogen-bond donors (Lipinski definition) is 1. The first kappa shape index (κ1) is 14.0. The molecule has 0 amide bonds. The van der Waals surface area contributed by atoms with Crippen LogP contribution in [0.5, 0.6) is 0 Å². The second-order valence-electron chi connectivity index (χ2n) is 4.04. The summed E-state index contributed by atoms with van der Waals surface area (Å²) in [7, 11) is -0.367. The summed E-state index contributed by atoms with van der Waals surface area (Å²) in [6.07, 6.45) is 2.94. The molecule has 1 aromatic heterocycles. The third-order valence-corrected chi connectivity index (χ3v) is 5.03. The van der Waals surface area contributed by atoms with E-state index in [9.17, 15) is 8.42 Å². The zero-order chi connectivity index (χ0) is 13.2. The van der Waals surface area contributed by atoms with Gasteiger partial charge in [0.05, 0.1) is 6.33 Å². The first-order valence-corrected chi connectivity index (χ1v) is 7.05. The van der Waals surface area contributed by atoms with E-state index in [4.69, 9.17) is 5.73 Å². The lowest BCUT2D eigenvalue weighted by molar-refractivity contribution is 0.347. The van der Waals surface area contributed by atoms with Crippen molar-refractivity contribution in [3.8, 4) is 0 Å². The Morgan fingerprint density at radius 1 is 1.47 bits per heavy atom. The lowest BCUT2D eigenvalue weighted by Gasteiger charge is -2.25. The maximum atomic E-state index is 12.4. The summed E-state index contributed by atoms with van der Waals surface area (Å²) in [5.41, 5.74) is 5.61. The van der Waals surface area contributed by atoms with E-state index >= 15 is 0 Å². The highest BCUT2D eigenvalue weighted by molar-refractivity contribution is 7.89. The zero-order valence-electron chi connectivity index (χ0n) is 10.7. The number of aryl methyl sites for hydroxylation is 1. The van der Waals surface area contributed by atoms with Crippen molar-refractivity contribution in [1.29, 1.82) is 0 Å². The molecule has 0 atom stereocenters. The van der Waals surface area contributed by atoms with Gasteiger partial charge in [0.1, 0.15) is 0 Å². The molecule has 0 unspecified atom stereocenters. The van der Waals surface area contributed by atoms with Crippen molar-refractivity contribution in [2.24, 2.45) is 7.05 Å². The van der Waals surface area contributed by atoms with Gasteiger partial charge in [-0.1, -0.05) is 13.8 Å². The average Bonchev–Trinajstić information content (AvgIpc) is 2.60. The van der Waals surface area contributed by atoms with E-state index in [2.05, 4.69) is 4.98 Å². The fourth-order valence-corrected chi connectivity index (χ4v) is 3.58. The van der Waals surface area contributed by atoms with E-state index in [0.717, 1.165) is 12.8 Å². The number of aromatic nitrogens is 2. The van der Waals surface area contributed by atoms with Crippen LogP contribution in [-0.2, 0) is 17.1 Å². The Labute approximate surface area is 102 Å². The number of rotatable bonds is 5. The van der Waals surface area contributed by atoms with Gasteiger partial charge in [-0.25, -0.2) is 13.4 Å². The zero-order valence-corrected chi connectivity index (χ0v) is 11.5. The van der Waals surface area contributed by atoms with E-state index in [0.29, 0.717) is 0 Å². The number of imidazole rings is 1. The van der Waals surface area contributed by atoms with Gasteiger partial charge in [-0.3, -0.25) is 0 Å². The van der Waals surface area contributed by atoms with Crippen LogP contribution in [0, 0.1) is 0 Å². The van der Waals surface area contributed by atoms with Gasteiger partial charge in [0.25, 0.3) is 10.0 Å². The number of nitrogens with two attached hydrogens (primary N) is 1. The largest absolute Gasteiger partial charge is 0.381 e. The Balaban J connectivity index is 3.20. The maximum Gasteiger partial charge on any atom is 0.262 e. The fourth-order valence-electron chi connectivity index (χ4n) is 1.89. The number of anilines is 1. The lowest BCUT2D eigenvalue weighted by Crippen LogP contribution is -2.37. The molecule has 0 radical (unpaired) electrons. The topological polar surface area (TPSA) is 81.2 Å². The van der Waals surface area contributed by atoms with Gasteiger partial charge in [0.2, 0.25) is 0 Å².